The Morgan fingerprint density at radius 1 is 1.45 bits per heavy atom. The van der Waals surface area contributed by atoms with Crippen LogP contribution in [0.25, 0.3) is 0 Å². The summed E-state index contributed by atoms with van der Waals surface area (Å²) in [5.74, 6) is 0.334. The summed E-state index contributed by atoms with van der Waals surface area (Å²) in [4.78, 5) is 13.9. The zero-order valence-corrected chi connectivity index (χ0v) is 12.7. The molecule has 0 saturated carbocycles. The number of aromatic nitrogens is 2. The molecule has 2 N–H and O–H groups in total. The number of likely N-dealkylation sites (tertiary alicyclic amines) is 1. The molecule has 0 bridgehead atoms. The van der Waals surface area contributed by atoms with Crippen LogP contribution < -0.4 is 5.32 Å². The Labute approximate surface area is 123 Å². The van der Waals surface area contributed by atoms with E-state index in [9.17, 15) is 4.79 Å². The Kier molecular flexibility index (Phi) is 5.72. The SMILES string of the molecule is CCCCc1nnc(NC(=O)N2CCC(CO)CC2)s1. The van der Waals surface area contributed by atoms with Crippen molar-refractivity contribution in [3.63, 3.8) is 0 Å². The van der Waals surface area contributed by atoms with E-state index in [-0.39, 0.29) is 12.6 Å². The summed E-state index contributed by atoms with van der Waals surface area (Å²) >= 11 is 1.45. The van der Waals surface area contributed by atoms with Gasteiger partial charge < -0.3 is 10.0 Å². The normalized spacial score (nSPS) is 16.4. The van der Waals surface area contributed by atoms with Crippen LogP contribution in [0, 0.1) is 5.92 Å². The summed E-state index contributed by atoms with van der Waals surface area (Å²) in [7, 11) is 0. The molecule has 20 heavy (non-hydrogen) atoms. The fraction of sp³-hybridized carbons (Fsp3) is 0.769. The number of aliphatic hydroxyl groups excluding tert-OH is 1. The molecule has 2 amide bonds. The zero-order chi connectivity index (χ0) is 14.4. The second kappa shape index (κ2) is 7.54. The van der Waals surface area contributed by atoms with Crippen LogP contribution in [-0.4, -0.2) is 45.9 Å². The number of anilines is 1. The van der Waals surface area contributed by atoms with Gasteiger partial charge in [-0.05, 0) is 25.2 Å². The summed E-state index contributed by atoms with van der Waals surface area (Å²) in [6.45, 7) is 3.74. The Balaban J connectivity index is 1.80. The maximum atomic E-state index is 12.1. The number of hydrogen-bond acceptors (Lipinski definition) is 5. The first kappa shape index (κ1) is 15.2. The third-order valence-corrected chi connectivity index (χ3v) is 4.48. The van der Waals surface area contributed by atoms with Crippen molar-refractivity contribution in [2.24, 2.45) is 5.92 Å². The maximum absolute atomic E-state index is 12.1. The Morgan fingerprint density at radius 3 is 2.85 bits per heavy atom. The van der Waals surface area contributed by atoms with Gasteiger partial charge in [0, 0.05) is 26.1 Å². The van der Waals surface area contributed by atoms with Gasteiger partial charge in [-0.25, -0.2) is 4.79 Å². The smallest absolute Gasteiger partial charge is 0.323 e. The summed E-state index contributed by atoms with van der Waals surface area (Å²) in [5.41, 5.74) is 0. The highest BCUT2D eigenvalue weighted by atomic mass is 32.1. The van der Waals surface area contributed by atoms with E-state index >= 15 is 0 Å². The number of urea groups is 1. The second-order valence-corrected chi connectivity index (χ2v) is 6.21. The van der Waals surface area contributed by atoms with Crippen LogP contribution in [0.5, 0.6) is 0 Å². The van der Waals surface area contributed by atoms with Crippen LogP contribution in [-0.2, 0) is 6.42 Å². The van der Waals surface area contributed by atoms with Gasteiger partial charge in [-0.15, -0.1) is 10.2 Å². The third kappa shape index (κ3) is 4.14. The Bertz CT molecular complexity index is 430. The topological polar surface area (TPSA) is 78.4 Å². The molecule has 0 aliphatic carbocycles. The van der Waals surface area contributed by atoms with Gasteiger partial charge >= 0.3 is 6.03 Å². The molecule has 112 valence electrons. The van der Waals surface area contributed by atoms with Crippen molar-refractivity contribution in [2.45, 2.75) is 39.0 Å². The fourth-order valence-corrected chi connectivity index (χ4v) is 2.99. The number of piperidine rings is 1. The van der Waals surface area contributed by atoms with Crippen LogP contribution in [0.3, 0.4) is 0 Å². The van der Waals surface area contributed by atoms with Crippen molar-refractivity contribution in [3.8, 4) is 0 Å². The summed E-state index contributed by atoms with van der Waals surface area (Å²) in [5, 5.41) is 21.5. The first-order chi connectivity index (χ1) is 9.72. The molecular formula is C13H22N4O2S. The first-order valence-electron chi connectivity index (χ1n) is 7.22. The van der Waals surface area contributed by atoms with Crippen LogP contribution in [0.15, 0.2) is 0 Å². The van der Waals surface area contributed by atoms with Crippen LogP contribution in [0.2, 0.25) is 0 Å². The molecule has 0 spiro atoms. The van der Waals surface area contributed by atoms with E-state index < -0.39 is 0 Å². The lowest BCUT2D eigenvalue weighted by Gasteiger charge is -2.30. The van der Waals surface area contributed by atoms with Gasteiger partial charge in [0.1, 0.15) is 5.01 Å². The average Bonchev–Trinajstić information content (AvgIpc) is 2.92. The van der Waals surface area contributed by atoms with Crippen LogP contribution in [0.4, 0.5) is 9.93 Å². The molecule has 6 nitrogen and oxygen atoms in total. The van der Waals surface area contributed by atoms with E-state index in [0.717, 1.165) is 37.1 Å². The molecule has 1 fully saturated rings. The van der Waals surface area contributed by atoms with Crippen LogP contribution in [0.1, 0.15) is 37.6 Å². The van der Waals surface area contributed by atoms with Gasteiger partial charge in [-0.2, -0.15) is 0 Å². The van der Waals surface area contributed by atoms with Crippen molar-refractivity contribution < 1.29 is 9.90 Å². The monoisotopic (exact) mass is 298 g/mol. The number of hydrogen-bond donors (Lipinski definition) is 2. The van der Waals surface area contributed by atoms with E-state index in [1.165, 1.54) is 11.3 Å². The summed E-state index contributed by atoms with van der Waals surface area (Å²) < 4.78 is 0. The van der Waals surface area contributed by atoms with Crippen molar-refractivity contribution in [2.75, 3.05) is 25.0 Å². The Morgan fingerprint density at radius 2 is 2.20 bits per heavy atom. The van der Waals surface area contributed by atoms with Crippen molar-refractivity contribution >= 4 is 22.5 Å². The molecule has 0 atom stereocenters. The number of nitrogens with one attached hydrogen (secondary N) is 1. The molecule has 1 saturated heterocycles. The highest BCUT2D eigenvalue weighted by Gasteiger charge is 2.22. The number of nitrogens with zero attached hydrogens (tertiary/aromatic N) is 3. The van der Waals surface area contributed by atoms with E-state index in [1.807, 2.05) is 0 Å². The Hall–Kier alpha value is -1.21. The number of aryl methyl sites for hydroxylation is 1. The molecular weight excluding hydrogens is 276 g/mol. The third-order valence-electron chi connectivity index (χ3n) is 3.58. The molecule has 0 unspecified atom stereocenters. The largest absolute Gasteiger partial charge is 0.396 e. The predicted molar refractivity (Wildman–Crippen MR) is 78.9 cm³/mol. The average molecular weight is 298 g/mol. The van der Waals surface area contributed by atoms with Gasteiger partial charge in [0.15, 0.2) is 0 Å². The quantitative estimate of drug-likeness (QED) is 0.872. The minimum Gasteiger partial charge on any atom is -0.396 e. The van der Waals surface area contributed by atoms with E-state index in [1.54, 1.807) is 4.90 Å². The fourth-order valence-electron chi connectivity index (χ4n) is 2.22. The lowest BCUT2D eigenvalue weighted by molar-refractivity contribution is 0.143. The van der Waals surface area contributed by atoms with Crippen molar-refractivity contribution in [1.82, 2.24) is 15.1 Å². The number of unbranched alkanes of at least 4 members (excludes halogenated alkanes) is 1. The summed E-state index contributed by atoms with van der Waals surface area (Å²) in [6.07, 6.45) is 4.87. The highest BCUT2D eigenvalue weighted by Crippen LogP contribution is 2.20. The molecule has 1 aliphatic rings. The molecule has 1 aromatic heterocycles. The molecule has 1 aromatic rings. The van der Waals surface area contributed by atoms with Crippen molar-refractivity contribution in [1.29, 1.82) is 0 Å². The van der Waals surface area contributed by atoms with Gasteiger partial charge in [0.25, 0.3) is 0 Å². The number of carbonyl (C=O) groups is 1. The number of carbonyl (C=O) groups excluding carboxylic acids is 1. The minimum absolute atomic E-state index is 0.111. The first-order valence-corrected chi connectivity index (χ1v) is 8.03. The molecule has 0 aromatic carbocycles. The molecule has 0 radical (unpaired) electrons. The van der Waals surface area contributed by atoms with Gasteiger partial charge in [0.2, 0.25) is 5.13 Å². The molecule has 2 heterocycles. The maximum Gasteiger partial charge on any atom is 0.323 e. The van der Waals surface area contributed by atoms with E-state index in [4.69, 9.17) is 5.11 Å². The van der Waals surface area contributed by atoms with Crippen molar-refractivity contribution in [3.05, 3.63) is 5.01 Å². The zero-order valence-electron chi connectivity index (χ0n) is 11.8. The molecule has 7 heteroatoms. The lowest BCUT2D eigenvalue weighted by atomic mass is 9.98. The van der Waals surface area contributed by atoms with E-state index in [0.29, 0.717) is 24.1 Å². The number of aliphatic hydroxyl groups is 1. The minimum atomic E-state index is -0.111. The lowest BCUT2D eigenvalue weighted by Crippen LogP contribution is -2.41. The predicted octanol–water partition coefficient (Wildman–Crippen LogP) is 2.12. The molecule has 2 rings (SSSR count). The number of amides is 2. The molecule has 1 aliphatic heterocycles. The van der Waals surface area contributed by atoms with Crippen LogP contribution >= 0.6 is 11.3 Å². The number of rotatable bonds is 5. The standard InChI is InChI=1S/C13H22N4O2S/c1-2-3-4-11-15-16-12(20-11)14-13(19)17-7-5-10(9-18)6-8-17/h10,18H,2-9H2,1H3,(H,14,16,19). The van der Waals surface area contributed by atoms with E-state index in [2.05, 4.69) is 22.4 Å². The highest BCUT2D eigenvalue weighted by molar-refractivity contribution is 7.15. The van der Waals surface area contributed by atoms with Gasteiger partial charge in [-0.1, -0.05) is 24.7 Å². The van der Waals surface area contributed by atoms with Gasteiger partial charge in [-0.3, -0.25) is 5.32 Å². The van der Waals surface area contributed by atoms with Gasteiger partial charge in [0.05, 0.1) is 0 Å². The second-order valence-electron chi connectivity index (χ2n) is 5.15. The summed E-state index contributed by atoms with van der Waals surface area (Å²) in [6, 6.07) is -0.111.